The molecule has 2 aromatic rings. The Morgan fingerprint density at radius 2 is 1.89 bits per heavy atom. The third kappa shape index (κ3) is 5.37. The van der Waals surface area contributed by atoms with Gasteiger partial charge in [0.15, 0.2) is 11.3 Å². The summed E-state index contributed by atoms with van der Waals surface area (Å²) < 4.78 is 22.0. The van der Waals surface area contributed by atoms with E-state index >= 15 is 0 Å². The maximum Gasteiger partial charge on any atom is 0.336 e. The molecular formula is C21H26O6. The first-order valence-electron chi connectivity index (χ1n) is 8.74. The van der Waals surface area contributed by atoms with Gasteiger partial charge in [-0.15, -0.1) is 0 Å². The van der Waals surface area contributed by atoms with E-state index in [-0.39, 0.29) is 6.61 Å². The third-order valence-corrected chi connectivity index (χ3v) is 4.15. The Kier molecular flexibility index (Phi) is 7.49. The average molecular weight is 374 g/mol. The minimum Gasteiger partial charge on any atom is -0.493 e. The van der Waals surface area contributed by atoms with Crippen LogP contribution in [0.25, 0.3) is 11.0 Å². The highest BCUT2D eigenvalue weighted by Gasteiger charge is 2.18. The van der Waals surface area contributed by atoms with Crippen LogP contribution in [0.5, 0.6) is 17.2 Å². The topological polar surface area (TPSA) is 78.1 Å². The molecule has 0 spiro atoms. The maximum absolute atomic E-state index is 11.6. The molecule has 1 N–H and O–H groups in total. The second kappa shape index (κ2) is 9.83. The maximum atomic E-state index is 11.6. The lowest BCUT2D eigenvalue weighted by molar-refractivity contribution is 0.299. The van der Waals surface area contributed by atoms with E-state index in [2.05, 4.69) is 0 Å². The Balaban J connectivity index is 2.20. The monoisotopic (exact) mass is 374 g/mol. The van der Waals surface area contributed by atoms with Crippen LogP contribution in [0.15, 0.2) is 50.7 Å². The van der Waals surface area contributed by atoms with Gasteiger partial charge in [0.05, 0.1) is 20.8 Å². The fraction of sp³-hybridized carbons (Fsp3) is 0.381. The number of benzene rings is 1. The number of aliphatic hydroxyl groups excluding tert-OH is 1. The zero-order valence-corrected chi connectivity index (χ0v) is 16.2. The molecule has 146 valence electrons. The zero-order chi connectivity index (χ0) is 19.8. The van der Waals surface area contributed by atoms with Gasteiger partial charge in [-0.1, -0.05) is 17.2 Å². The summed E-state index contributed by atoms with van der Waals surface area (Å²) in [7, 11) is 3.04. The first-order chi connectivity index (χ1) is 13.0. The van der Waals surface area contributed by atoms with Crippen molar-refractivity contribution in [2.24, 2.45) is 0 Å². The second-order valence-electron chi connectivity index (χ2n) is 6.22. The van der Waals surface area contributed by atoms with Crippen molar-refractivity contribution >= 4 is 11.0 Å². The van der Waals surface area contributed by atoms with Crippen LogP contribution >= 0.6 is 0 Å². The van der Waals surface area contributed by atoms with Crippen molar-refractivity contribution in [2.45, 2.75) is 26.7 Å². The summed E-state index contributed by atoms with van der Waals surface area (Å²) in [5.74, 6) is 1.22. The number of methoxy groups -OCH3 is 2. The molecule has 0 atom stereocenters. The summed E-state index contributed by atoms with van der Waals surface area (Å²) in [6.07, 6.45) is 5.74. The molecule has 0 aliphatic rings. The van der Waals surface area contributed by atoms with Gasteiger partial charge in [0.2, 0.25) is 11.5 Å². The van der Waals surface area contributed by atoms with E-state index in [1.165, 1.54) is 18.7 Å². The Hall–Kier alpha value is -2.73. The van der Waals surface area contributed by atoms with Gasteiger partial charge >= 0.3 is 5.63 Å². The second-order valence-corrected chi connectivity index (χ2v) is 6.22. The van der Waals surface area contributed by atoms with E-state index in [0.717, 1.165) is 18.4 Å². The fourth-order valence-corrected chi connectivity index (χ4v) is 2.59. The number of aliphatic hydroxyl groups is 1. The lowest BCUT2D eigenvalue weighted by atomic mass is 10.1. The van der Waals surface area contributed by atoms with Crippen molar-refractivity contribution in [3.8, 4) is 17.2 Å². The molecule has 0 amide bonds. The summed E-state index contributed by atoms with van der Waals surface area (Å²) in [6, 6.07) is 4.75. The zero-order valence-electron chi connectivity index (χ0n) is 16.2. The highest BCUT2D eigenvalue weighted by atomic mass is 16.5. The lowest BCUT2D eigenvalue weighted by Crippen LogP contribution is -2.02. The molecule has 6 nitrogen and oxygen atoms in total. The largest absolute Gasteiger partial charge is 0.493 e. The van der Waals surface area contributed by atoms with Gasteiger partial charge in [-0.05, 0) is 44.9 Å². The van der Waals surface area contributed by atoms with Crippen LogP contribution in [0, 0.1) is 0 Å². The van der Waals surface area contributed by atoms with Crippen molar-refractivity contribution in [2.75, 3.05) is 27.4 Å². The van der Waals surface area contributed by atoms with Crippen molar-refractivity contribution in [3.05, 3.63) is 51.9 Å². The van der Waals surface area contributed by atoms with E-state index in [0.29, 0.717) is 34.8 Å². The highest BCUT2D eigenvalue weighted by molar-refractivity contribution is 5.88. The standard InChI is InChI=1S/C21H26O6/c1-14(6-5-7-15(2)13-22)10-11-26-20-17(24-3)12-16-8-9-18(23)27-19(16)21(20)25-4/h7-10,12,22H,5-6,11,13H2,1-4H3/b14-10+,15-7-. The van der Waals surface area contributed by atoms with Crippen molar-refractivity contribution in [1.82, 2.24) is 0 Å². The normalized spacial score (nSPS) is 12.3. The predicted molar refractivity (Wildman–Crippen MR) is 105 cm³/mol. The van der Waals surface area contributed by atoms with Crippen LogP contribution in [0.4, 0.5) is 0 Å². The molecular weight excluding hydrogens is 348 g/mol. The third-order valence-electron chi connectivity index (χ3n) is 4.15. The minimum absolute atomic E-state index is 0.0869. The van der Waals surface area contributed by atoms with Gasteiger partial charge in [0.1, 0.15) is 6.61 Å². The first-order valence-corrected chi connectivity index (χ1v) is 8.74. The van der Waals surface area contributed by atoms with Crippen LogP contribution in [0.1, 0.15) is 26.7 Å². The fourth-order valence-electron chi connectivity index (χ4n) is 2.59. The molecule has 1 heterocycles. The van der Waals surface area contributed by atoms with Gasteiger partial charge in [-0.25, -0.2) is 4.79 Å². The number of fused-ring (bicyclic) bond motifs is 1. The van der Waals surface area contributed by atoms with E-state index in [4.69, 9.17) is 23.7 Å². The van der Waals surface area contributed by atoms with Crippen LogP contribution in [0.3, 0.4) is 0 Å². The van der Waals surface area contributed by atoms with Crippen molar-refractivity contribution in [1.29, 1.82) is 0 Å². The number of allylic oxidation sites excluding steroid dienone is 2. The molecule has 0 aliphatic heterocycles. The molecule has 0 aliphatic carbocycles. The molecule has 2 rings (SSSR count). The highest BCUT2D eigenvalue weighted by Crippen LogP contribution is 2.43. The SMILES string of the molecule is COc1cc2ccc(=O)oc2c(OC)c1OC/C=C(\C)CC/C=C(/C)CO. The van der Waals surface area contributed by atoms with Gasteiger partial charge in [-0.2, -0.15) is 0 Å². The molecule has 0 radical (unpaired) electrons. The van der Waals surface area contributed by atoms with E-state index in [1.54, 1.807) is 19.2 Å². The summed E-state index contributed by atoms with van der Waals surface area (Å²) in [5, 5.41) is 9.69. The minimum atomic E-state index is -0.459. The number of hydrogen-bond acceptors (Lipinski definition) is 6. The summed E-state index contributed by atoms with van der Waals surface area (Å²) >= 11 is 0. The predicted octanol–water partition coefficient (Wildman–Crippen LogP) is 3.85. The molecule has 1 aromatic heterocycles. The van der Waals surface area contributed by atoms with E-state index in [1.807, 2.05) is 26.0 Å². The number of rotatable bonds is 9. The van der Waals surface area contributed by atoms with Crippen LogP contribution in [-0.2, 0) is 0 Å². The van der Waals surface area contributed by atoms with Crippen molar-refractivity contribution < 1.29 is 23.7 Å². The first kappa shape index (κ1) is 20.6. The number of hydrogen-bond donors (Lipinski definition) is 1. The van der Waals surface area contributed by atoms with E-state index in [9.17, 15) is 4.79 Å². The molecule has 0 unspecified atom stereocenters. The van der Waals surface area contributed by atoms with Crippen LogP contribution < -0.4 is 19.8 Å². The van der Waals surface area contributed by atoms with Crippen LogP contribution in [0.2, 0.25) is 0 Å². The summed E-state index contributed by atoms with van der Waals surface area (Å²) in [6.45, 7) is 4.34. The Bertz CT molecular complexity index is 891. The Morgan fingerprint density at radius 1 is 1.11 bits per heavy atom. The molecule has 0 fully saturated rings. The smallest absolute Gasteiger partial charge is 0.336 e. The molecule has 0 bridgehead atoms. The molecule has 0 saturated heterocycles. The van der Waals surface area contributed by atoms with Gasteiger partial charge < -0.3 is 23.7 Å². The Labute approximate surface area is 158 Å². The van der Waals surface area contributed by atoms with Gasteiger partial charge in [0.25, 0.3) is 0 Å². The quantitative estimate of drug-likeness (QED) is 0.530. The lowest BCUT2D eigenvalue weighted by Gasteiger charge is -2.15. The van der Waals surface area contributed by atoms with Gasteiger partial charge in [0, 0.05) is 11.5 Å². The Morgan fingerprint density at radius 3 is 2.56 bits per heavy atom. The molecule has 0 saturated carbocycles. The van der Waals surface area contributed by atoms with Gasteiger partial charge in [-0.3, -0.25) is 0 Å². The summed E-state index contributed by atoms with van der Waals surface area (Å²) in [5.41, 5.74) is 2.00. The number of ether oxygens (including phenoxy) is 3. The summed E-state index contributed by atoms with van der Waals surface area (Å²) in [4.78, 5) is 11.6. The van der Waals surface area contributed by atoms with E-state index < -0.39 is 5.63 Å². The van der Waals surface area contributed by atoms with Crippen molar-refractivity contribution in [3.63, 3.8) is 0 Å². The molecule has 27 heavy (non-hydrogen) atoms. The van der Waals surface area contributed by atoms with Crippen LogP contribution in [-0.4, -0.2) is 32.5 Å². The molecule has 6 heteroatoms. The molecule has 1 aromatic carbocycles. The average Bonchev–Trinajstić information content (AvgIpc) is 2.67.